The van der Waals surface area contributed by atoms with E-state index >= 15 is 0 Å². The van der Waals surface area contributed by atoms with Crippen molar-refractivity contribution in [2.24, 2.45) is 0 Å². The van der Waals surface area contributed by atoms with E-state index in [-0.39, 0.29) is 0 Å². The van der Waals surface area contributed by atoms with Gasteiger partial charge in [-0.15, -0.1) is 0 Å². The first-order valence-corrected chi connectivity index (χ1v) is 20.0. The topological polar surface area (TPSA) is 0 Å². The number of fused-ring (bicyclic) bond motifs is 2. The molecule has 2 atom stereocenters. The normalized spacial score (nSPS) is 17.3. The van der Waals surface area contributed by atoms with Crippen molar-refractivity contribution in [1.82, 2.24) is 0 Å². The molecule has 8 rings (SSSR count). The second-order valence-corrected chi connectivity index (χ2v) is 18.6. The van der Waals surface area contributed by atoms with Gasteiger partial charge in [0.1, 0.15) is 0 Å². The summed E-state index contributed by atoms with van der Waals surface area (Å²) in [7, 11) is -2.15. The van der Waals surface area contributed by atoms with Gasteiger partial charge in [0, 0.05) is 11.1 Å². The lowest BCUT2D eigenvalue weighted by molar-refractivity contribution is 1.07. The summed E-state index contributed by atoms with van der Waals surface area (Å²) in [5.41, 5.74) is 17.5. The van der Waals surface area contributed by atoms with Gasteiger partial charge in [-0.05, 0) is 113 Å². The number of allylic oxidation sites excluding steroid dienone is 2. The fourth-order valence-corrected chi connectivity index (χ4v) is 13.5. The summed E-state index contributed by atoms with van der Waals surface area (Å²) in [5, 5.41) is 9.17. The van der Waals surface area contributed by atoms with E-state index in [0.29, 0.717) is 11.1 Å². The Morgan fingerprint density at radius 2 is 0.907 bits per heavy atom. The van der Waals surface area contributed by atoms with Crippen LogP contribution in [0.2, 0.25) is 13.1 Å². The van der Waals surface area contributed by atoms with Crippen LogP contribution in [0.15, 0.2) is 131 Å². The van der Waals surface area contributed by atoms with E-state index in [4.69, 9.17) is 0 Å². The van der Waals surface area contributed by atoms with Crippen molar-refractivity contribution in [1.29, 1.82) is 0 Å². The Morgan fingerprint density at radius 3 is 1.30 bits per heavy atom. The van der Waals surface area contributed by atoms with E-state index < -0.39 is 8.07 Å². The molecule has 2 aromatic heterocycles. The molecular weight excluding hydrogens is 573 g/mol. The Labute approximate surface area is 263 Å². The Kier molecular flexibility index (Phi) is 6.56. The van der Waals surface area contributed by atoms with Gasteiger partial charge in [0.15, 0.2) is 0 Å². The molecular formula is C40H32S2Si. The second-order valence-electron chi connectivity index (χ2n) is 12.3. The summed E-state index contributed by atoms with van der Waals surface area (Å²) in [5.74, 6) is 0. The molecule has 0 saturated carbocycles. The van der Waals surface area contributed by atoms with E-state index in [1.54, 1.807) is 22.7 Å². The SMILES string of the molecule is C[Si](C)(C1C(c2ccsc2)=Cc2c(-c3ccccc3)cccc21)C1C(c2ccsc2)=Cc2c(-c3ccccc3)cccc21. The Balaban J connectivity index is 1.34. The summed E-state index contributed by atoms with van der Waals surface area (Å²) in [6.45, 7) is 5.30. The van der Waals surface area contributed by atoms with Crippen LogP contribution in [0.3, 0.4) is 0 Å². The van der Waals surface area contributed by atoms with Gasteiger partial charge in [-0.3, -0.25) is 0 Å². The average Bonchev–Trinajstić information content (AvgIpc) is 3.86. The quantitative estimate of drug-likeness (QED) is 0.166. The molecule has 0 aliphatic heterocycles. The lowest BCUT2D eigenvalue weighted by Gasteiger charge is -2.40. The van der Waals surface area contributed by atoms with Crippen molar-refractivity contribution in [2.45, 2.75) is 24.2 Å². The largest absolute Gasteiger partial charge is 0.152 e. The van der Waals surface area contributed by atoms with Crippen LogP contribution < -0.4 is 0 Å². The second kappa shape index (κ2) is 10.6. The molecule has 0 N–H and O–H groups in total. The minimum atomic E-state index is -2.15. The highest BCUT2D eigenvalue weighted by molar-refractivity contribution is 7.08. The minimum Gasteiger partial charge on any atom is -0.152 e. The van der Waals surface area contributed by atoms with Gasteiger partial charge in [0.05, 0.1) is 8.07 Å². The summed E-state index contributed by atoms with van der Waals surface area (Å²) in [6.07, 6.45) is 5.06. The standard InChI is InChI=1S/C40H32S2Si/c1-43(2,39-33-17-9-15-31(27-11-5-3-6-12-27)37(33)23-35(39)29-19-21-41-25-29)40-34-18-10-16-32(28-13-7-4-8-14-28)38(34)24-36(40)30-20-22-42-26-30/h3-26,39-40H,1-2H3. The van der Waals surface area contributed by atoms with Gasteiger partial charge in [0.2, 0.25) is 0 Å². The number of hydrogen-bond donors (Lipinski definition) is 0. The first-order chi connectivity index (χ1) is 21.1. The fourth-order valence-electron chi connectivity index (χ4n) is 7.67. The molecule has 0 fully saturated rings. The predicted molar refractivity (Wildman–Crippen MR) is 191 cm³/mol. The Bertz CT molecular complexity index is 1830. The summed E-state index contributed by atoms with van der Waals surface area (Å²) < 4.78 is 0. The smallest absolute Gasteiger partial charge is 0.0731 e. The highest BCUT2D eigenvalue weighted by Gasteiger charge is 2.49. The maximum atomic E-state index is 2.65. The predicted octanol–water partition coefficient (Wildman–Crippen LogP) is 11.9. The Morgan fingerprint density at radius 1 is 0.465 bits per heavy atom. The summed E-state index contributed by atoms with van der Waals surface area (Å²) in [4.78, 5) is 0. The van der Waals surface area contributed by atoms with Gasteiger partial charge in [0.25, 0.3) is 0 Å². The molecule has 43 heavy (non-hydrogen) atoms. The molecule has 2 aliphatic rings. The van der Waals surface area contributed by atoms with Crippen LogP contribution in [-0.4, -0.2) is 8.07 Å². The zero-order valence-electron chi connectivity index (χ0n) is 24.3. The molecule has 4 aromatic carbocycles. The summed E-state index contributed by atoms with van der Waals surface area (Å²) in [6, 6.07) is 40.5. The van der Waals surface area contributed by atoms with Crippen LogP contribution in [-0.2, 0) is 0 Å². The van der Waals surface area contributed by atoms with E-state index in [1.165, 1.54) is 66.8 Å². The van der Waals surface area contributed by atoms with E-state index in [0.717, 1.165) is 0 Å². The van der Waals surface area contributed by atoms with Crippen LogP contribution in [0.4, 0.5) is 0 Å². The molecule has 0 nitrogen and oxygen atoms in total. The van der Waals surface area contributed by atoms with Crippen molar-refractivity contribution in [3.63, 3.8) is 0 Å². The molecule has 0 radical (unpaired) electrons. The monoisotopic (exact) mass is 604 g/mol. The molecule has 208 valence electrons. The lowest BCUT2D eigenvalue weighted by atomic mass is 9.97. The average molecular weight is 605 g/mol. The van der Waals surface area contributed by atoms with Crippen LogP contribution >= 0.6 is 22.7 Å². The molecule has 0 bridgehead atoms. The zero-order valence-corrected chi connectivity index (χ0v) is 27.0. The first-order valence-electron chi connectivity index (χ1n) is 15.0. The van der Waals surface area contributed by atoms with Gasteiger partial charge < -0.3 is 0 Å². The molecule has 0 amide bonds. The van der Waals surface area contributed by atoms with Crippen molar-refractivity contribution in [3.05, 3.63) is 164 Å². The maximum absolute atomic E-state index is 2.65. The van der Waals surface area contributed by atoms with E-state index in [9.17, 15) is 0 Å². The van der Waals surface area contributed by atoms with Crippen LogP contribution in [0.5, 0.6) is 0 Å². The van der Waals surface area contributed by atoms with Crippen molar-refractivity contribution < 1.29 is 0 Å². The van der Waals surface area contributed by atoms with E-state index in [1.807, 2.05) is 0 Å². The van der Waals surface area contributed by atoms with Gasteiger partial charge in [-0.2, -0.15) is 22.7 Å². The third-order valence-electron chi connectivity index (χ3n) is 9.49. The number of rotatable bonds is 6. The highest BCUT2D eigenvalue weighted by atomic mass is 32.1. The highest BCUT2D eigenvalue weighted by Crippen LogP contribution is 2.58. The van der Waals surface area contributed by atoms with Crippen molar-refractivity contribution >= 4 is 54.0 Å². The molecule has 2 aliphatic carbocycles. The molecule has 0 saturated heterocycles. The number of hydrogen-bond acceptors (Lipinski definition) is 2. The van der Waals surface area contributed by atoms with Crippen LogP contribution in [0, 0.1) is 0 Å². The molecule has 2 unspecified atom stereocenters. The first kappa shape index (κ1) is 26.6. The maximum Gasteiger partial charge on any atom is 0.0731 e. The number of thiophene rings is 2. The molecule has 3 heteroatoms. The van der Waals surface area contributed by atoms with Gasteiger partial charge in [-0.1, -0.05) is 110 Å². The molecule has 6 aromatic rings. The van der Waals surface area contributed by atoms with Gasteiger partial charge in [-0.25, -0.2) is 0 Å². The van der Waals surface area contributed by atoms with Crippen molar-refractivity contribution in [3.8, 4) is 22.3 Å². The minimum absolute atomic E-state index is 0.374. The molecule has 0 spiro atoms. The fraction of sp³-hybridized carbons (Fsp3) is 0.100. The summed E-state index contributed by atoms with van der Waals surface area (Å²) >= 11 is 3.60. The third kappa shape index (κ3) is 4.38. The van der Waals surface area contributed by atoms with Crippen LogP contribution in [0.1, 0.15) is 44.5 Å². The van der Waals surface area contributed by atoms with Gasteiger partial charge >= 0.3 is 0 Å². The molecule has 2 heterocycles. The van der Waals surface area contributed by atoms with Crippen LogP contribution in [0.25, 0.3) is 45.6 Å². The lowest BCUT2D eigenvalue weighted by Crippen LogP contribution is -2.42. The Hall–Kier alpha value is -4.02. The van der Waals surface area contributed by atoms with E-state index in [2.05, 4.69) is 156 Å². The zero-order chi connectivity index (χ0) is 29.0. The van der Waals surface area contributed by atoms with Crippen molar-refractivity contribution in [2.75, 3.05) is 0 Å². The third-order valence-corrected chi connectivity index (χ3v) is 15.1. The number of benzene rings is 4.